The van der Waals surface area contributed by atoms with Crippen molar-refractivity contribution in [1.82, 2.24) is 9.97 Å². The number of rotatable bonds is 7. The number of aryl methyl sites for hydroxylation is 1. The number of hydrogen-bond acceptors (Lipinski definition) is 8. The molecule has 0 spiro atoms. The number of sulfone groups is 1. The smallest absolute Gasteiger partial charge is 0.343 e. The van der Waals surface area contributed by atoms with E-state index in [-0.39, 0.29) is 16.0 Å². The molecule has 0 unspecified atom stereocenters. The maximum Gasteiger partial charge on any atom is 0.343 e. The average Bonchev–Trinajstić information content (AvgIpc) is 2.78. The van der Waals surface area contributed by atoms with Crippen LogP contribution in [0.15, 0.2) is 63.5 Å². The first-order valence-corrected chi connectivity index (χ1v) is 11.1. The summed E-state index contributed by atoms with van der Waals surface area (Å²) in [6, 6.07) is 8.85. The molecule has 2 heterocycles. The lowest BCUT2D eigenvalue weighted by atomic mass is 9.88. The predicted molar refractivity (Wildman–Crippen MR) is 117 cm³/mol. The summed E-state index contributed by atoms with van der Waals surface area (Å²) < 4.78 is 31.4. The molecule has 0 saturated carbocycles. The van der Waals surface area contributed by atoms with E-state index < -0.39 is 56.0 Å². The zero-order valence-corrected chi connectivity index (χ0v) is 18.5. The summed E-state index contributed by atoms with van der Waals surface area (Å²) in [7, 11) is -3.10. The van der Waals surface area contributed by atoms with Gasteiger partial charge in [-0.15, -0.1) is 0 Å². The number of methoxy groups -OCH3 is 1. The van der Waals surface area contributed by atoms with Crippen molar-refractivity contribution < 1.29 is 27.9 Å². The van der Waals surface area contributed by atoms with Gasteiger partial charge in [0, 0.05) is 24.7 Å². The van der Waals surface area contributed by atoms with Gasteiger partial charge in [-0.1, -0.05) is 23.8 Å². The molecule has 172 valence electrons. The van der Waals surface area contributed by atoms with Gasteiger partial charge in [-0.2, -0.15) is 0 Å². The minimum absolute atomic E-state index is 0.0420. The lowest BCUT2D eigenvalue weighted by Crippen LogP contribution is -2.25. The molecular formula is C22H21N3O7S. The van der Waals surface area contributed by atoms with E-state index in [0.717, 1.165) is 18.9 Å². The van der Waals surface area contributed by atoms with Crippen molar-refractivity contribution in [1.29, 1.82) is 0 Å². The van der Waals surface area contributed by atoms with Crippen molar-refractivity contribution >= 4 is 21.7 Å². The van der Waals surface area contributed by atoms with Crippen LogP contribution in [-0.4, -0.2) is 42.5 Å². The van der Waals surface area contributed by atoms with E-state index in [4.69, 9.17) is 5.73 Å². The van der Waals surface area contributed by atoms with Crippen LogP contribution in [0.4, 0.5) is 0 Å². The standard InChI is InChI=1S/C22H21N3O7S/c1-12-5-7-13(8-6-12)33(30,31)21-14(4-3-9-24-21)15(10-17(23)26)18-19(27)16(22(29)32-2)11-25-20(18)28/h3-9,11,15H,10H2,1-2H3,(H2,23,26)(H2,25,27,28)/t15-/m1/s1. The molecule has 4 N–H and O–H groups in total. The van der Waals surface area contributed by atoms with Crippen LogP contribution >= 0.6 is 0 Å². The number of carbonyl (C=O) groups is 2. The number of aromatic amines is 1. The van der Waals surface area contributed by atoms with Crippen molar-refractivity contribution in [3.8, 4) is 5.75 Å². The number of esters is 1. The Morgan fingerprint density at radius 3 is 2.48 bits per heavy atom. The molecule has 0 fully saturated rings. The van der Waals surface area contributed by atoms with E-state index in [1.54, 1.807) is 19.1 Å². The summed E-state index contributed by atoms with van der Waals surface area (Å²) in [6.45, 7) is 1.80. The molecule has 11 heteroatoms. The number of primary amides is 1. The van der Waals surface area contributed by atoms with Crippen molar-refractivity contribution in [2.45, 2.75) is 29.2 Å². The van der Waals surface area contributed by atoms with Gasteiger partial charge in [-0.25, -0.2) is 18.2 Å². The summed E-state index contributed by atoms with van der Waals surface area (Å²) in [5, 5.41) is 10.3. The van der Waals surface area contributed by atoms with Crippen LogP contribution in [0.2, 0.25) is 0 Å². The average molecular weight is 471 g/mol. The summed E-state index contributed by atoms with van der Waals surface area (Å²) in [6.07, 6.45) is 1.67. The molecule has 0 aliphatic rings. The second kappa shape index (κ2) is 9.25. The zero-order chi connectivity index (χ0) is 24.3. The van der Waals surface area contributed by atoms with Gasteiger partial charge in [0.2, 0.25) is 15.7 Å². The Labute approximate surface area is 189 Å². The predicted octanol–water partition coefficient (Wildman–Crippen LogP) is 1.41. The molecule has 1 aromatic carbocycles. The zero-order valence-electron chi connectivity index (χ0n) is 17.7. The van der Waals surface area contributed by atoms with Crippen LogP contribution in [0.5, 0.6) is 5.75 Å². The maximum absolute atomic E-state index is 13.4. The largest absolute Gasteiger partial charge is 0.506 e. The fourth-order valence-electron chi connectivity index (χ4n) is 3.42. The number of nitrogens with zero attached hydrogens (tertiary/aromatic N) is 1. The second-order valence-electron chi connectivity index (χ2n) is 7.22. The molecule has 2 aromatic heterocycles. The fraction of sp³-hybridized carbons (Fsp3) is 0.182. The highest BCUT2D eigenvalue weighted by Crippen LogP contribution is 2.37. The normalized spacial score (nSPS) is 12.2. The summed E-state index contributed by atoms with van der Waals surface area (Å²) >= 11 is 0. The number of nitrogens with one attached hydrogen (secondary N) is 1. The number of aromatic nitrogens is 2. The van der Waals surface area contributed by atoms with E-state index in [2.05, 4.69) is 14.7 Å². The molecule has 0 aliphatic heterocycles. The molecule has 3 rings (SSSR count). The Bertz CT molecular complexity index is 1380. The van der Waals surface area contributed by atoms with Crippen LogP contribution in [-0.2, 0) is 19.4 Å². The lowest BCUT2D eigenvalue weighted by Gasteiger charge is -2.20. The highest BCUT2D eigenvalue weighted by molar-refractivity contribution is 7.91. The second-order valence-corrected chi connectivity index (χ2v) is 9.09. The van der Waals surface area contributed by atoms with Crippen LogP contribution in [0.25, 0.3) is 0 Å². The van der Waals surface area contributed by atoms with Gasteiger partial charge in [-0.3, -0.25) is 9.59 Å². The first kappa shape index (κ1) is 23.7. The van der Waals surface area contributed by atoms with Gasteiger partial charge in [-0.05, 0) is 30.7 Å². The Balaban J connectivity index is 2.30. The molecule has 0 bridgehead atoms. The van der Waals surface area contributed by atoms with Crippen LogP contribution in [0.1, 0.15) is 39.4 Å². The number of H-pyrrole nitrogens is 1. The highest BCUT2D eigenvalue weighted by atomic mass is 32.2. The number of aromatic hydroxyl groups is 1. The van der Waals surface area contributed by atoms with E-state index >= 15 is 0 Å². The molecule has 10 nitrogen and oxygen atoms in total. The maximum atomic E-state index is 13.4. The Morgan fingerprint density at radius 1 is 1.21 bits per heavy atom. The van der Waals surface area contributed by atoms with Gasteiger partial charge in [0.05, 0.1) is 17.6 Å². The SMILES string of the molecule is COC(=O)c1c[nH]c(=O)c([C@H](CC(N)=O)c2cccnc2S(=O)(=O)c2ccc(C)cc2)c1O. The van der Waals surface area contributed by atoms with Gasteiger partial charge in [0.15, 0.2) is 5.03 Å². The third-order valence-electron chi connectivity index (χ3n) is 5.02. The van der Waals surface area contributed by atoms with E-state index in [0.29, 0.717) is 0 Å². The minimum Gasteiger partial charge on any atom is -0.506 e. The van der Waals surface area contributed by atoms with Gasteiger partial charge < -0.3 is 20.6 Å². The van der Waals surface area contributed by atoms with E-state index in [9.17, 15) is 27.9 Å². The lowest BCUT2D eigenvalue weighted by molar-refractivity contribution is -0.118. The van der Waals surface area contributed by atoms with Crippen LogP contribution in [0.3, 0.4) is 0 Å². The Morgan fingerprint density at radius 2 is 1.88 bits per heavy atom. The molecular weight excluding hydrogens is 450 g/mol. The quantitative estimate of drug-likeness (QED) is 0.434. The van der Waals surface area contributed by atoms with Crippen molar-refractivity contribution in [2.24, 2.45) is 5.73 Å². The summed E-state index contributed by atoms with van der Waals surface area (Å²) in [5.41, 5.74) is 4.57. The molecule has 0 saturated heterocycles. The highest BCUT2D eigenvalue weighted by Gasteiger charge is 2.33. The number of benzene rings is 1. The Hall–Kier alpha value is -3.99. The topological polar surface area (TPSA) is 170 Å². The first-order chi connectivity index (χ1) is 15.6. The van der Waals surface area contributed by atoms with Crippen LogP contribution < -0.4 is 11.3 Å². The van der Waals surface area contributed by atoms with Crippen molar-refractivity contribution in [3.63, 3.8) is 0 Å². The van der Waals surface area contributed by atoms with Gasteiger partial charge >= 0.3 is 5.97 Å². The van der Waals surface area contributed by atoms with Crippen molar-refractivity contribution in [2.75, 3.05) is 7.11 Å². The van der Waals surface area contributed by atoms with Crippen LogP contribution in [0, 0.1) is 6.92 Å². The van der Waals surface area contributed by atoms with Crippen molar-refractivity contribution in [3.05, 3.63) is 81.4 Å². The van der Waals surface area contributed by atoms with Gasteiger partial charge in [0.1, 0.15) is 11.3 Å². The molecule has 3 aromatic rings. The molecule has 0 aliphatic carbocycles. The first-order valence-electron chi connectivity index (χ1n) is 9.65. The number of nitrogens with two attached hydrogens (primary N) is 1. The van der Waals surface area contributed by atoms with Gasteiger partial charge in [0.25, 0.3) is 5.56 Å². The molecule has 0 radical (unpaired) electrons. The summed E-state index contributed by atoms with van der Waals surface area (Å²) in [4.78, 5) is 42.8. The molecule has 1 amide bonds. The minimum atomic E-state index is -4.18. The van der Waals surface area contributed by atoms with E-state index in [1.165, 1.54) is 30.5 Å². The monoisotopic (exact) mass is 471 g/mol. The Kier molecular flexibility index (Phi) is 6.63. The fourth-order valence-corrected chi connectivity index (χ4v) is 4.85. The number of pyridine rings is 2. The number of amides is 1. The number of hydrogen-bond donors (Lipinski definition) is 3. The third kappa shape index (κ3) is 4.62. The summed E-state index contributed by atoms with van der Waals surface area (Å²) in [5.74, 6) is -3.88. The third-order valence-corrected chi connectivity index (χ3v) is 6.77. The number of carbonyl (C=O) groups excluding carboxylic acids is 2. The number of ether oxygens (including phenoxy) is 1. The van der Waals surface area contributed by atoms with E-state index in [1.807, 2.05) is 0 Å². The molecule has 1 atom stereocenters. The molecule has 33 heavy (non-hydrogen) atoms.